The van der Waals surface area contributed by atoms with E-state index in [-0.39, 0.29) is 23.5 Å². The Kier molecular flexibility index (Phi) is 5.79. The molecule has 11 heteroatoms. The minimum absolute atomic E-state index is 0.0836. The molecule has 0 aliphatic carbocycles. The van der Waals surface area contributed by atoms with Crippen LogP contribution < -0.4 is 15.8 Å². The first kappa shape index (κ1) is 21.1. The normalized spacial score (nSPS) is 15.4. The van der Waals surface area contributed by atoms with E-state index >= 15 is 0 Å². The Morgan fingerprint density at radius 3 is 2.61 bits per heavy atom. The molecule has 0 bridgehead atoms. The molecule has 4 rings (SSSR count). The van der Waals surface area contributed by atoms with Gasteiger partial charge in [-0.1, -0.05) is 6.07 Å². The number of alkyl halides is 3. The average Bonchev–Trinajstić information content (AvgIpc) is 2.74. The van der Waals surface area contributed by atoms with Gasteiger partial charge in [0.15, 0.2) is 0 Å². The van der Waals surface area contributed by atoms with Gasteiger partial charge in [-0.25, -0.2) is 4.98 Å². The molecule has 0 spiro atoms. The number of aliphatic hydroxyl groups excluding tert-OH is 1. The minimum atomic E-state index is -4.48. The first-order valence-corrected chi connectivity index (χ1v) is 9.77. The second kappa shape index (κ2) is 8.52. The van der Waals surface area contributed by atoms with E-state index in [0.717, 1.165) is 12.1 Å². The first-order chi connectivity index (χ1) is 14.8. The number of nitrogens with one attached hydrogen (secondary N) is 2. The zero-order valence-corrected chi connectivity index (χ0v) is 16.5. The van der Waals surface area contributed by atoms with Crippen molar-refractivity contribution in [2.24, 2.45) is 0 Å². The number of piperazine rings is 1. The third-order valence-electron chi connectivity index (χ3n) is 5.13. The second-order valence-corrected chi connectivity index (χ2v) is 7.20. The number of aliphatic hydroxyl groups is 1. The summed E-state index contributed by atoms with van der Waals surface area (Å²) in [6.45, 7) is 3.35. The Hall–Kier alpha value is -3.18. The summed E-state index contributed by atoms with van der Waals surface area (Å²) in [5, 5.41) is 12.1. The Labute approximate surface area is 175 Å². The molecule has 0 amide bonds. The predicted molar refractivity (Wildman–Crippen MR) is 111 cm³/mol. The lowest BCUT2D eigenvalue weighted by molar-refractivity contribution is -0.137. The Balaban J connectivity index is 1.70. The average molecular weight is 434 g/mol. The maximum atomic E-state index is 13.1. The van der Waals surface area contributed by atoms with Crippen LogP contribution in [0.2, 0.25) is 0 Å². The van der Waals surface area contributed by atoms with Crippen molar-refractivity contribution in [1.29, 1.82) is 0 Å². The fourth-order valence-electron chi connectivity index (χ4n) is 3.53. The van der Waals surface area contributed by atoms with Crippen molar-refractivity contribution in [3.8, 4) is 0 Å². The first-order valence-electron chi connectivity index (χ1n) is 9.77. The van der Waals surface area contributed by atoms with Crippen LogP contribution in [0.3, 0.4) is 0 Å². The summed E-state index contributed by atoms with van der Waals surface area (Å²) in [5.74, 6) is 0.523. The number of anilines is 3. The van der Waals surface area contributed by atoms with Gasteiger partial charge in [0.05, 0.1) is 17.7 Å². The molecule has 2 aromatic heterocycles. The van der Waals surface area contributed by atoms with Gasteiger partial charge in [-0.05, 0) is 24.3 Å². The number of rotatable bonds is 5. The molecular weight excluding hydrogens is 413 g/mol. The number of halogens is 3. The van der Waals surface area contributed by atoms with Crippen LogP contribution in [0.25, 0.3) is 10.9 Å². The molecule has 1 aliphatic rings. The van der Waals surface area contributed by atoms with E-state index in [0.29, 0.717) is 44.2 Å². The Morgan fingerprint density at radius 2 is 1.90 bits per heavy atom. The van der Waals surface area contributed by atoms with Crippen molar-refractivity contribution in [2.75, 3.05) is 49.5 Å². The van der Waals surface area contributed by atoms with Crippen LogP contribution in [-0.2, 0) is 6.18 Å². The highest BCUT2D eigenvalue weighted by molar-refractivity contribution is 5.91. The quantitative estimate of drug-likeness (QED) is 0.566. The Morgan fingerprint density at radius 1 is 1.13 bits per heavy atom. The van der Waals surface area contributed by atoms with E-state index in [2.05, 4.69) is 25.2 Å². The molecule has 0 saturated carbocycles. The zero-order chi connectivity index (χ0) is 22.0. The fraction of sp³-hybridized carbons (Fsp3) is 0.350. The van der Waals surface area contributed by atoms with Crippen molar-refractivity contribution >= 4 is 28.4 Å². The maximum Gasteiger partial charge on any atom is 0.416 e. The van der Waals surface area contributed by atoms with Gasteiger partial charge in [0, 0.05) is 44.6 Å². The highest BCUT2D eigenvalue weighted by Gasteiger charge is 2.30. The van der Waals surface area contributed by atoms with Gasteiger partial charge >= 0.3 is 6.18 Å². The number of aromatic nitrogens is 3. The SMILES string of the molecule is O=c1[nH]ccc2nc(N3CCN(CCO)CC3)nc(Nc3cccc(C(F)(F)F)c3)c12. The number of β-amino-alcohol motifs (C(OH)–C–C–N with tert-alkyl or cyclic N) is 1. The summed E-state index contributed by atoms with van der Waals surface area (Å²) in [6, 6.07) is 6.35. The van der Waals surface area contributed by atoms with Gasteiger partial charge in [0.1, 0.15) is 11.2 Å². The monoisotopic (exact) mass is 434 g/mol. The minimum Gasteiger partial charge on any atom is -0.395 e. The third-order valence-corrected chi connectivity index (χ3v) is 5.13. The van der Waals surface area contributed by atoms with Crippen molar-refractivity contribution in [2.45, 2.75) is 6.18 Å². The highest BCUT2D eigenvalue weighted by Crippen LogP contribution is 2.32. The number of fused-ring (bicyclic) bond motifs is 1. The van der Waals surface area contributed by atoms with E-state index in [1.54, 1.807) is 6.07 Å². The van der Waals surface area contributed by atoms with Gasteiger partial charge in [-0.3, -0.25) is 9.69 Å². The van der Waals surface area contributed by atoms with Crippen molar-refractivity contribution < 1.29 is 18.3 Å². The number of aromatic amines is 1. The molecule has 1 aromatic carbocycles. The molecule has 1 saturated heterocycles. The lowest BCUT2D eigenvalue weighted by Gasteiger charge is -2.34. The lowest BCUT2D eigenvalue weighted by atomic mass is 10.2. The molecule has 1 aliphatic heterocycles. The van der Waals surface area contributed by atoms with Crippen LogP contribution in [0.5, 0.6) is 0 Å². The van der Waals surface area contributed by atoms with Gasteiger partial charge in [0.2, 0.25) is 5.95 Å². The summed E-state index contributed by atoms with van der Waals surface area (Å²) < 4.78 is 39.2. The van der Waals surface area contributed by atoms with E-state index in [1.165, 1.54) is 18.3 Å². The van der Waals surface area contributed by atoms with Crippen molar-refractivity contribution in [3.63, 3.8) is 0 Å². The largest absolute Gasteiger partial charge is 0.416 e. The molecule has 0 atom stereocenters. The van der Waals surface area contributed by atoms with Crippen LogP contribution in [0, 0.1) is 0 Å². The van der Waals surface area contributed by atoms with E-state index < -0.39 is 17.3 Å². The molecule has 0 radical (unpaired) electrons. The standard InChI is InChI=1S/C20H21F3N6O2/c21-20(22,23)13-2-1-3-14(12-13)25-17-16-15(4-5-24-18(16)31)26-19(27-17)29-8-6-28(7-9-29)10-11-30/h1-5,12,30H,6-11H2,(H,24,31)(H,25,26,27). The smallest absolute Gasteiger partial charge is 0.395 e. The van der Waals surface area contributed by atoms with E-state index in [4.69, 9.17) is 5.11 Å². The van der Waals surface area contributed by atoms with Crippen molar-refractivity contribution in [1.82, 2.24) is 19.9 Å². The molecule has 0 unspecified atom stereocenters. The summed E-state index contributed by atoms with van der Waals surface area (Å²) >= 11 is 0. The van der Waals surface area contributed by atoms with Gasteiger partial charge < -0.3 is 20.3 Å². The predicted octanol–water partition coefficient (Wildman–Crippen LogP) is 2.19. The summed E-state index contributed by atoms with van der Waals surface area (Å²) in [4.78, 5) is 28.0. The summed E-state index contributed by atoms with van der Waals surface area (Å²) in [5.41, 5.74) is -0.686. The molecule has 164 valence electrons. The van der Waals surface area contributed by atoms with Crippen LogP contribution in [0.15, 0.2) is 41.3 Å². The van der Waals surface area contributed by atoms with Gasteiger partial charge in [-0.15, -0.1) is 0 Å². The van der Waals surface area contributed by atoms with E-state index in [1.807, 2.05) is 4.90 Å². The van der Waals surface area contributed by atoms with Crippen LogP contribution in [-0.4, -0.2) is 64.3 Å². The summed E-state index contributed by atoms with van der Waals surface area (Å²) in [6.07, 6.45) is -3.02. The summed E-state index contributed by atoms with van der Waals surface area (Å²) in [7, 11) is 0. The van der Waals surface area contributed by atoms with Crippen molar-refractivity contribution in [3.05, 3.63) is 52.4 Å². The number of pyridine rings is 1. The Bertz CT molecular complexity index is 1130. The zero-order valence-electron chi connectivity index (χ0n) is 16.5. The molecule has 8 nitrogen and oxygen atoms in total. The van der Waals surface area contributed by atoms with Crippen LogP contribution in [0.1, 0.15) is 5.56 Å². The number of H-pyrrole nitrogens is 1. The molecule has 3 N–H and O–H groups in total. The van der Waals surface area contributed by atoms with E-state index in [9.17, 15) is 18.0 Å². The molecule has 3 aromatic rings. The van der Waals surface area contributed by atoms with Gasteiger partial charge in [0.25, 0.3) is 5.56 Å². The molecule has 3 heterocycles. The number of benzene rings is 1. The maximum absolute atomic E-state index is 13.1. The number of nitrogens with zero attached hydrogens (tertiary/aromatic N) is 4. The fourth-order valence-corrected chi connectivity index (χ4v) is 3.53. The van der Waals surface area contributed by atoms with Gasteiger partial charge in [-0.2, -0.15) is 18.2 Å². The third kappa shape index (κ3) is 4.62. The van der Waals surface area contributed by atoms with Crippen LogP contribution in [0.4, 0.5) is 30.6 Å². The van der Waals surface area contributed by atoms with Crippen LogP contribution >= 0.6 is 0 Å². The molecule has 1 fully saturated rings. The number of hydrogen-bond donors (Lipinski definition) is 3. The second-order valence-electron chi connectivity index (χ2n) is 7.20. The highest BCUT2D eigenvalue weighted by atomic mass is 19.4. The topological polar surface area (TPSA) is 97.4 Å². The number of hydrogen-bond acceptors (Lipinski definition) is 7. The molecular formula is C20H21F3N6O2. The lowest BCUT2D eigenvalue weighted by Crippen LogP contribution is -2.47. The molecule has 31 heavy (non-hydrogen) atoms.